The van der Waals surface area contributed by atoms with Crippen molar-refractivity contribution in [3.8, 4) is 5.75 Å². The molecular formula is C15H22N2O2. The van der Waals surface area contributed by atoms with Gasteiger partial charge in [0.1, 0.15) is 5.75 Å². The number of carbonyl (C=O) groups is 1. The number of hydrogen-bond acceptors (Lipinski definition) is 3. The molecule has 1 saturated heterocycles. The van der Waals surface area contributed by atoms with Gasteiger partial charge in [0, 0.05) is 13.5 Å². The Balaban J connectivity index is 2.01. The molecule has 1 aromatic carbocycles. The Bertz CT molecular complexity index is 428. The number of ether oxygens (including phenoxy) is 1. The maximum Gasteiger partial charge on any atom is 0.227 e. The summed E-state index contributed by atoms with van der Waals surface area (Å²) in [6.45, 7) is 2.03. The van der Waals surface area contributed by atoms with Gasteiger partial charge in [-0.1, -0.05) is 12.1 Å². The summed E-state index contributed by atoms with van der Waals surface area (Å²) in [5.74, 6) is 1.34. The minimum atomic E-state index is 0.151. The fraction of sp³-hybridized carbons (Fsp3) is 0.533. The minimum absolute atomic E-state index is 0.151. The number of piperidine rings is 1. The first kappa shape index (κ1) is 13.9. The van der Waals surface area contributed by atoms with E-state index in [0.29, 0.717) is 12.3 Å². The van der Waals surface area contributed by atoms with E-state index < -0.39 is 0 Å². The molecule has 1 aromatic rings. The Hall–Kier alpha value is -1.55. The van der Waals surface area contributed by atoms with Crippen molar-refractivity contribution in [2.45, 2.75) is 19.3 Å². The van der Waals surface area contributed by atoms with Gasteiger partial charge in [0.05, 0.1) is 12.8 Å². The summed E-state index contributed by atoms with van der Waals surface area (Å²) in [7, 11) is 3.44. The predicted octanol–water partition coefficient (Wildman–Crippen LogP) is 2.05. The molecule has 1 heterocycles. The number of amides is 1. The molecule has 1 unspecified atom stereocenters. The highest BCUT2D eigenvalue weighted by molar-refractivity contribution is 5.94. The highest BCUT2D eigenvalue weighted by Gasteiger charge is 2.21. The molecule has 1 atom stereocenters. The molecule has 1 aliphatic heterocycles. The molecule has 0 radical (unpaired) electrons. The molecule has 0 spiro atoms. The van der Waals surface area contributed by atoms with Crippen LogP contribution >= 0.6 is 0 Å². The molecule has 0 aromatic heterocycles. The minimum Gasteiger partial charge on any atom is -0.495 e. The van der Waals surface area contributed by atoms with Gasteiger partial charge in [-0.2, -0.15) is 0 Å². The van der Waals surface area contributed by atoms with E-state index in [1.54, 1.807) is 12.0 Å². The fourth-order valence-electron chi connectivity index (χ4n) is 2.52. The molecule has 1 fully saturated rings. The second-order valence-corrected chi connectivity index (χ2v) is 5.04. The summed E-state index contributed by atoms with van der Waals surface area (Å²) in [4.78, 5) is 14.0. The van der Waals surface area contributed by atoms with Gasteiger partial charge in [-0.3, -0.25) is 4.79 Å². The summed E-state index contributed by atoms with van der Waals surface area (Å²) in [5, 5.41) is 3.35. The Morgan fingerprint density at radius 1 is 1.47 bits per heavy atom. The molecule has 0 saturated carbocycles. The third-order valence-electron chi connectivity index (χ3n) is 3.68. The van der Waals surface area contributed by atoms with E-state index in [4.69, 9.17) is 4.74 Å². The van der Waals surface area contributed by atoms with Crippen molar-refractivity contribution >= 4 is 11.6 Å². The largest absolute Gasteiger partial charge is 0.495 e. The number of methoxy groups -OCH3 is 1. The van der Waals surface area contributed by atoms with Gasteiger partial charge < -0.3 is 15.0 Å². The van der Waals surface area contributed by atoms with Crippen LogP contribution < -0.4 is 15.0 Å². The Morgan fingerprint density at radius 2 is 2.26 bits per heavy atom. The molecule has 19 heavy (non-hydrogen) atoms. The summed E-state index contributed by atoms with van der Waals surface area (Å²) < 4.78 is 5.30. The van der Waals surface area contributed by atoms with Crippen molar-refractivity contribution in [2.24, 2.45) is 5.92 Å². The zero-order chi connectivity index (χ0) is 13.7. The molecule has 1 N–H and O–H groups in total. The quantitative estimate of drug-likeness (QED) is 0.903. The summed E-state index contributed by atoms with van der Waals surface area (Å²) in [5.41, 5.74) is 0.832. The lowest BCUT2D eigenvalue weighted by molar-refractivity contribution is -0.119. The zero-order valence-corrected chi connectivity index (χ0v) is 11.7. The van der Waals surface area contributed by atoms with Crippen LogP contribution in [0.25, 0.3) is 0 Å². The SMILES string of the molecule is COc1ccccc1N(C)C(=O)CC1CCCNC1. The number of rotatable bonds is 4. The van der Waals surface area contributed by atoms with Gasteiger partial charge in [-0.05, 0) is 44.0 Å². The topological polar surface area (TPSA) is 41.6 Å². The summed E-state index contributed by atoms with van der Waals surface area (Å²) in [6, 6.07) is 7.62. The number of nitrogens with one attached hydrogen (secondary N) is 1. The lowest BCUT2D eigenvalue weighted by Crippen LogP contribution is -2.35. The van der Waals surface area contributed by atoms with Gasteiger partial charge in [0.25, 0.3) is 0 Å². The van der Waals surface area contributed by atoms with E-state index in [1.165, 1.54) is 0 Å². The van der Waals surface area contributed by atoms with Crippen LogP contribution in [0.15, 0.2) is 24.3 Å². The first-order valence-corrected chi connectivity index (χ1v) is 6.82. The maximum atomic E-state index is 12.3. The van der Waals surface area contributed by atoms with Crippen molar-refractivity contribution in [3.63, 3.8) is 0 Å². The molecular weight excluding hydrogens is 240 g/mol. The maximum absolute atomic E-state index is 12.3. The van der Waals surface area contributed by atoms with Crippen molar-refractivity contribution in [3.05, 3.63) is 24.3 Å². The smallest absolute Gasteiger partial charge is 0.227 e. The van der Waals surface area contributed by atoms with Crippen LogP contribution in [0, 0.1) is 5.92 Å². The normalized spacial score (nSPS) is 18.9. The summed E-state index contributed by atoms with van der Waals surface area (Å²) >= 11 is 0. The van der Waals surface area contributed by atoms with Crippen molar-refractivity contribution < 1.29 is 9.53 Å². The van der Waals surface area contributed by atoms with Crippen LogP contribution in [0.4, 0.5) is 5.69 Å². The second-order valence-electron chi connectivity index (χ2n) is 5.04. The van der Waals surface area contributed by atoms with E-state index in [9.17, 15) is 4.79 Å². The van der Waals surface area contributed by atoms with Crippen LogP contribution in [-0.2, 0) is 4.79 Å². The Kier molecular flexibility index (Phi) is 4.80. The van der Waals surface area contributed by atoms with E-state index in [0.717, 1.165) is 37.4 Å². The number of hydrogen-bond donors (Lipinski definition) is 1. The number of anilines is 1. The van der Waals surface area contributed by atoms with Crippen LogP contribution in [0.3, 0.4) is 0 Å². The first-order valence-electron chi connectivity index (χ1n) is 6.82. The average molecular weight is 262 g/mol. The van der Waals surface area contributed by atoms with Crippen molar-refractivity contribution in [2.75, 3.05) is 32.1 Å². The molecule has 104 valence electrons. The molecule has 0 bridgehead atoms. The highest BCUT2D eigenvalue weighted by atomic mass is 16.5. The van der Waals surface area contributed by atoms with Gasteiger partial charge >= 0.3 is 0 Å². The molecule has 1 amide bonds. The van der Waals surface area contributed by atoms with E-state index in [1.807, 2.05) is 31.3 Å². The predicted molar refractivity (Wildman–Crippen MR) is 76.6 cm³/mol. The van der Waals surface area contributed by atoms with Gasteiger partial charge in [-0.15, -0.1) is 0 Å². The van der Waals surface area contributed by atoms with E-state index in [-0.39, 0.29) is 5.91 Å². The lowest BCUT2D eigenvalue weighted by Gasteiger charge is -2.25. The van der Waals surface area contributed by atoms with Crippen LogP contribution in [-0.4, -0.2) is 33.2 Å². The number of benzene rings is 1. The van der Waals surface area contributed by atoms with Gasteiger partial charge in [0.2, 0.25) is 5.91 Å². The first-order chi connectivity index (χ1) is 9.22. The number of para-hydroxylation sites is 2. The zero-order valence-electron chi connectivity index (χ0n) is 11.7. The standard InChI is InChI=1S/C15H22N2O2/c1-17(13-7-3-4-8-14(13)19-2)15(18)10-12-6-5-9-16-11-12/h3-4,7-8,12,16H,5-6,9-11H2,1-2H3. The highest BCUT2D eigenvalue weighted by Crippen LogP contribution is 2.28. The van der Waals surface area contributed by atoms with Crippen molar-refractivity contribution in [1.82, 2.24) is 5.32 Å². The molecule has 1 aliphatic rings. The van der Waals surface area contributed by atoms with Gasteiger partial charge in [-0.25, -0.2) is 0 Å². The van der Waals surface area contributed by atoms with Gasteiger partial charge in [0.15, 0.2) is 0 Å². The monoisotopic (exact) mass is 262 g/mol. The molecule has 0 aliphatic carbocycles. The average Bonchev–Trinajstić information content (AvgIpc) is 2.47. The third-order valence-corrected chi connectivity index (χ3v) is 3.68. The molecule has 2 rings (SSSR count). The molecule has 4 nitrogen and oxygen atoms in total. The van der Waals surface area contributed by atoms with Crippen LogP contribution in [0.1, 0.15) is 19.3 Å². The Morgan fingerprint density at radius 3 is 2.95 bits per heavy atom. The lowest BCUT2D eigenvalue weighted by atomic mass is 9.95. The number of carbonyl (C=O) groups excluding carboxylic acids is 1. The summed E-state index contributed by atoms with van der Waals surface area (Å²) in [6.07, 6.45) is 2.90. The van der Waals surface area contributed by atoms with Crippen molar-refractivity contribution in [1.29, 1.82) is 0 Å². The van der Waals surface area contributed by atoms with Crippen LogP contribution in [0.2, 0.25) is 0 Å². The van der Waals surface area contributed by atoms with E-state index >= 15 is 0 Å². The Labute approximate surface area is 114 Å². The molecule has 4 heteroatoms. The third kappa shape index (κ3) is 3.47. The fourth-order valence-corrected chi connectivity index (χ4v) is 2.52. The number of nitrogens with zero attached hydrogens (tertiary/aromatic N) is 1. The van der Waals surface area contributed by atoms with Crippen LogP contribution in [0.5, 0.6) is 5.75 Å². The van der Waals surface area contributed by atoms with E-state index in [2.05, 4.69) is 5.32 Å². The second kappa shape index (κ2) is 6.57.